The number of carbonyl (C=O) groups excluding carboxylic acids is 1. The van der Waals surface area contributed by atoms with Crippen molar-refractivity contribution in [1.29, 1.82) is 0 Å². The number of amides is 1. The molecule has 0 unspecified atom stereocenters. The SMILES string of the molecule is COc1ccc(OC)c(CCNC(=O)c2ccc3nc(N4CCOCC4)sc3c2)c1. The number of carbonyl (C=O) groups is 1. The van der Waals surface area contributed by atoms with Gasteiger partial charge in [-0.2, -0.15) is 0 Å². The lowest BCUT2D eigenvalue weighted by molar-refractivity contribution is 0.0954. The number of aromatic nitrogens is 1. The first-order valence-electron chi connectivity index (χ1n) is 9.90. The van der Waals surface area contributed by atoms with Crippen LogP contribution in [0.2, 0.25) is 0 Å². The van der Waals surface area contributed by atoms with E-state index >= 15 is 0 Å². The first kappa shape index (κ1) is 20.4. The van der Waals surface area contributed by atoms with Gasteiger partial charge in [0.25, 0.3) is 5.91 Å². The molecule has 2 heterocycles. The Hall–Kier alpha value is -2.84. The summed E-state index contributed by atoms with van der Waals surface area (Å²) in [5.74, 6) is 1.45. The van der Waals surface area contributed by atoms with Gasteiger partial charge < -0.3 is 24.4 Å². The molecule has 1 aromatic heterocycles. The zero-order valence-corrected chi connectivity index (χ0v) is 18.0. The molecule has 8 heteroatoms. The smallest absolute Gasteiger partial charge is 0.251 e. The van der Waals surface area contributed by atoms with Crippen molar-refractivity contribution in [2.24, 2.45) is 0 Å². The summed E-state index contributed by atoms with van der Waals surface area (Å²) < 4.78 is 17.1. The number of methoxy groups -OCH3 is 2. The van der Waals surface area contributed by atoms with Crippen molar-refractivity contribution in [1.82, 2.24) is 10.3 Å². The Morgan fingerprint density at radius 3 is 2.77 bits per heavy atom. The summed E-state index contributed by atoms with van der Waals surface area (Å²) in [5, 5.41) is 3.98. The van der Waals surface area contributed by atoms with E-state index < -0.39 is 0 Å². The van der Waals surface area contributed by atoms with Crippen LogP contribution in [0.25, 0.3) is 10.2 Å². The number of rotatable bonds is 7. The zero-order chi connectivity index (χ0) is 20.9. The van der Waals surface area contributed by atoms with Crippen molar-refractivity contribution >= 4 is 32.6 Å². The fourth-order valence-electron chi connectivity index (χ4n) is 3.43. The number of nitrogens with one attached hydrogen (secondary N) is 1. The van der Waals surface area contributed by atoms with Crippen LogP contribution in [-0.4, -0.2) is 58.0 Å². The zero-order valence-electron chi connectivity index (χ0n) is 17.1. The Bertz CT molecular complexity index is 1030. The van der Waals surface area contributed by atoms with Gasteiger partial charge in [-0.1, -0.05) is 11.3 Å². The molecule has 2 aromatic carbocycles. The van der Waals surface area contributed by atoms with Crippen molar-refractivity contribution in [2.45, 2.75) is 6.42 Å². The lowest BCUT2D eigenvalue weighted by Crippen LogP contribution is -2.36. The summed E-state index contributed by atoms with van der Waals surface area (Å²) in [6.07, 6.45) is 0.649. The molecule has 0 saturated carbocycles. The molecule has 3 aromatic rings. The van der Waals surface area contributed by atoms with E-state index in [1.54, 1.807) is 25.6 Å². The van der Waals surface area contributed by atoms with Crippen molar-refractivity contribution < 1.29 is 19.0 Å². The minimum Gasteiger partial charge on any atom is -0.497 e. The van der Waals surface area contributed by atoms with Gasteiger partial charge in [0.05, 0.1) is 37.6 Å². The lowest BCUT2D eigenvalue weighted by atomic mass is 10.1. The van der Waals surface area contributed by atoms with E-state index in [1.165, 1.54) is 0 Å². The van der Waals surface area contributed by atoms with E-state index in [-0.39, 0.29) is 5.91 Å². The highest BCUT2D eigenvalue weighted by atomic mass is 32.1. The van der Waals surface area contributed by atoms with Crippen molar-refractivity contribution in [3.63, 3.8) is 0 Å². The molecule has 1 saturated heterocycles. The summed E-state index contributed by atoms with van der Waals surface area (Å²) in [6, 6.07) is 11.3. The van der Waals surface area contributed by atoms with Gasteiger partial charge in [-0.15, -0.1) is 0 Å². The van der Waals surface area contributed by atoms with Gasteiger partial charge in [0.2, 0.25) is 0 Å². The predicted molar refractivity (Wildman–Crippen MR) is 118 cm³/mol. The molecule has 4 rings (SSSR count). The Balaban J connectivity index is 1.41. The van der Waals surface area contributed by atoms with Crippen LogP contribution >= 0.6 is 11.3 Å². The second kappa shape index (κ2) is 9.32. The third-order valence-electron chi connectivity index (χ3n) is 5.09. The number of hydrogen-bond donors (Lipinski definition) is 1. The number of ether oxygens (including phenoxy) is 3. The molecule has 0 aliphatic carbocycles. The first-order valence-corrected chi connectivity index (χ1v) is 10.7. The molecule has 1 aliphatic rings. The number of morpholine rings is 1. The van der Waals surface area contributed by atoms with Crippen molar-refractivity contribution in [2.75, 3.05) is 52.0 Å². The highest BCUT2D eigenvalue weighted by Gasteiger charge is 2.16. The highest BCUT2D eigenvalue weighted by molar-refractivity contribution is 7.22. The van der Waals surface area contributed by atoms with Crippen LogP contribution in [0.15, 0.2) is 36.4 Å². The number of anilines is 1. The molecule has 1 aliphatic heterocycles. The van der Waals surface area contributed by atoms with E-state index in [1.807, 2.05) is 36.4 Å². The third-order valence-corrected chi connectivity index (χ3v) is 6.17. The molecule has 30 heavy (non-hydrogen) atoms. The Morgan fingerprint density at radius 1 is 1.17 bits per heavy atom. The Kier molecular flexibility index (Phi) is 6.35. The molecule has 0 spiro atoms. The van der Waals surface area contributed by atoms with E-state index in [2.05, 4.69) is 10.2 Å². The maximum atomic E-state index is 12.7. The molecular weight excluding hydrogens is 402 g/mol. The van der Waals surface area contributed by atoms with Crippen LogP contribution in [-0.2, 0) is 11.2 Å². The van der Waals surface area contributed by atoms with Gasteiger partial charge in [-0.3, -0.25) is 4.79 Å². The number of hydrogen-bond acceptors (Lipinski definition) is 7. The maximum absolute atomic E-state index is 12.7. The number of benzene rings is 2. The molecule has 1 amide bonds. The third kappa shape index (κ3) is 4.49. The average molecular weight is 428 g/mol. The van der Waals surface area contributed by atoms with Crippen molar-refractivity contribution in [3.05, 3.63) is 47.5 Å². The topological polar surface area (TPSA) is 72.9 Å². The number of thiazole rings is 1. The molecule has 158 valence electrons. The number of fused-ring (bicyclic) bond motifs is 1. The van der Waals surface area contributed by atoms with Crippen LogP contribution < -0.4 is 19.7 Å². The summed E-state index contributed by atoms with van der Waals surface area (Å²) in [5.41, 5.74) is 2.54. The largest absolute Gasteiger partial charge is 0.497 e. The van der Waals surface area contributed by atoms with Crippen LogP contribution in [0.3, 0.4) is 0 Å². The van der Waals surface area contributed by atoms with E-state index in [0.717, 1.165) is 58.7 Å². The predicted octanol–water partition coefficient (Wildman–Crippen LogP) is 3.12. The molecule has 7 nitrogen and oxygen atoms in total. The average Bonchev–Trinajstić information content (AvgIpc) is 3.23. The summed E-state index contributed by atoms with van der Waals surface area (Å²) in [7, 11) is 3.27. The quantitative estimate of drug-likeness (QED) is 0.625. The van der Waals surface area contributed by atoms with Crippen LogP contribution in [0.1, 0.15) is 15.9 Å². The van der Waals surface area contributed by atoms with E-state index in [0.29, 0.717) is 18.5 Å². The molecule has 0 bridgehead atoms. The van der Waals surface area contributed by atoms with Gasteiger partial charge in [-0.25, -0.2) is 4.98 Å². The molecule has 0 atom stereocenters. The minimum atomic E-state index is -0.0971. The Morgan fingerprint density at radius 2 is 2.00 bits per heavy atom. The highest BCUT2D eigenvalue weighted by Crippen LogP contribution is 2.30. The van der Waals surface area contributed by atoms with Gasteiger partial charge in [0.15, 0.2) is 5.13 Å². The van der Waals surface area contributed by atoms with E-state index in [9.17, 15) is 4.79 Å². The van der Waals surface area contributed by atoms with Crippen LogP contribution in [0.4, 0.5) is 5.13 Å². The van der Waals surface area contributed by atoms with Crippen LogP contribution in [0, 0.1) is 0 Å². The fraction of sp³-hybridized carbons (Fsp3) is 0.364. The van der Waals surface area contributed by atoms with Gasteiger partial charge in [0.1, 0.15) is 11.5 Å². The van der Waals surface area contributed by atoms with Crippen molar-refractivity contribution in [3.8, 4) is 11.5 Å². The van der Waals surface area contributed by atoms with Gasteiger partial charge in [0, 0.05) is 25.2 Å². The second-order valence-corrected chi connectivity index (χ2v) is 7.97. The molecule has 1 N–H and O–H groups in total. The fourth-order valence-corrected chi connectivity index (χ4v) is 4.49. The second-order valence-electron chi connectivity index (χ2n) is 6.96. The monoisotopic (exact) mass is 427 g/mol. The molecular formula is C22H25N3O4S. The Labute approximate surface area is 179 Å². The molecule has 1 fully saturated rings. The normalized spacial score (nSPS) is 14.0. The number of nitrogens with zero attached hydrogens (tertiary/aromatic N) is 2. The van der Waals surface area contributed by atoms with E-state index in [4.69, 9.17) is 19.2 Å². The standard InChI is InChI=1S/C22H25N3O4S/c1-27-17-4-6-19(28-2)15(13-17)7-8-23-21(26)16-3-5-18-20(14-16)30-22(24-18)25-9-11-29-12-10-25/h3-6,13-14H,7-12H2,1-2H3,(H,23,26). The van der Waals surface area contributed by atoms with Gasteiger partial charge in [-0.05, 0) is 48.4 Å². The van der Waals surface area contributed by atoms with Crippen LogP contribution in [0.5, 0.6) is 11.5 Å². The minimum absolute atomic E-state index is 0.0971. The lowest BCUT2D eigenvalue weighted by Gasteiger charge is -2.25. The summed E-state index contributed by atoms with van der Waals surface area (Å²) in [6.45, 7) is 3.65. The summed E-state index contributed by atoms with van der Waals surface area (Å²) >= 11 is 1.61. The van der Waals surface area contributed by atoms with Gasteiger partial charge >= 0.3 is 0 Å². The maximum Gasteiger partial charge on any atom is 0.251 e. The first-order chi connectivity index (χ1) is 14.7. The summed E-state index contributed by atoms with van der Waals surface area (Å²) in [4.78, 5) is 19.6. The molecule has 0 radical (unpaired) electrons.